The third kappa shape index (κ3) is 4.95. The Labute approximate surface area is 301 Å². The van der Waals surface area contributed by atoms with Gasteiger partial charge in [0.05, 0.1) is 5.41 Å². The molecule has 2 heterocycles. The molecule has 1 aliphatic rings. The molecule has 0 radical (unpaired) electrons. The van der Waals surface area contributed by atoms with Crippen molar-refractivity contribution in [3.63, 3.8) is 0 Å². The van der Waals surface area contributed by atoms with Gasteiger partial charge in [0.25, 0.3) is 0 Å². The fourth-order valence-electron chi connectivity index (χ4n) is 7.98. The Morgan fingerprint density at radius 3 is 1.85 bits per heavy atom. The first-order valence-corrected chi connectivity index (χ1v) is 17.7. The van der Waals surface area contributed by atoms with Crippen LogP contribution in [0.2, 0.25) is 0 Å². The van der Waals surface area contributed by atoms with E-state index in [9.17, 15) is 0 Å². The predicted octanol–water partition coefficient (Wildman–Crippen LogP) is 12.0. The highest BCUT2D eigenvalue weighted by Crippen LogP contribution is 2.52. The number of para-hydroxylation sites is 1. The second-order valence-electron chi connectivity index (χ2n) is 13.8. The summed E-state index contributed by atoms with van der Waals surface area (Å²) in [5, 5.41) is 5.79. The number of allylic oxidation sites excluding steroid dienone is 1. The van der Waals surface area contributed by atoms with Gasteiger partial charge >= 0.3 is 0 Å². The van der Waals surface area contributed by atoms with Gasteiger partial charge in [0.15, 0.2) is 11.6 Å². The molecule has 4 heteroatoms. The second-order valence-corrected chi connectivity index (χ2v) is 13.8. The summed E-state index contributed by atoms with van der Waals surface area (Å²) in [6.45, 7) is 2.28. The number of benzene rings is 7. The number of fused-ring (bicyclic) bond motifs is 5. The number of aromatic nitrogens is 3. The highest BCUT2D eigenvalue weighted by atomic mass is 16.3. The van der Waals surface area contributed by atoms with E-state index in [0.717, 1.165) is 44.4 Å². The summed E-state index contributed by atoms with van der Waals surface area (Å²) >= 11 is 0. The lowest BCUT2D eigenvalue weighted by Gasteiger charge is -2.38. The summed E-state index contributed by atoms with van der Waals surface area (Å²) in [7, 11) is 0. The van der Waals surface area contributed by atoms with Gasteiger partial charge in [-0.1, -0.05) is 158 Å². The minimum Gasteiger partial charge on any atom is -0.456 e. The molecule has 52 heavy (non-hydrogen) atoms. The third-order valence-corrected chi connectivity index (χ3v) is 10.7. The molecule has 0 bridgehead atoms. The number of nitrogens with zero attached hydrogens (tertiary/aromatic N) is 3. The molecular weight excluding hydrogens is 635 g/mol. The van der Waals surface area contributed by atoms with Gasteiger partial charge in [0.2, 0.25) is 0 Å². The molecule has 0 fully saturated rings. The molecule has 0 saturated heterocycles. The molecule has 10 rings (SSSR count). The molecule has 0 aliphatic heterocycles. The molecule has 9 aromatic rings. The lowest BCUT2D eigenvalue weighted by atomic mass is 9.65. The van der Waals surface area contributed by atoms with Gasteiger partial charge in [-0.3, -0.25) is 0 Å². The Hall–Kier alpha value is -6.65. The van der Waals surface area contributed by atoms with Crippen molar-refractivity contribution in [1.29, 1.82) is 0 Å². The van der Waals surface area contributed by atoms with Crippen molar-refractivity contribution >= 4 is 38.6 Å². The van der Waals surface area contributed by atoms with Crippen molar-refractivity contribution in [3.8, 4) is 33.9 Å². The third-order valence-electron chi connectivity index (χ3n) is 10.7. The summed E-state index contributed by atoms with van der Waals surface area (Å²) < 4.78 is 6.54. The van der Waals surface area contributed by atoms with Gasteiger partial charge in [0, 0.05) is 28.0 Å². The van der Waals surface area contributed by atoms with Gasteiger partial charge in [-0.15, -0.1) is 0 Å². The van der Waals surface area contributed by atoms with Crippen LogP contribution in [0.15, 0.2) is 174 Å². The van der Waals surface area contributed by atoms with E-state index in [1.807, 2.05) is 18.2 Å². The first kappa shape index (κ1) is 30.2. The lowest BCUT2D eigenvalue weighted by molar-refractivity contribution is 0.460. The van der Waals surface area contributed by atoms with E-state index in [1.165, 1.54) is 27.3 Å². The van der Waals surface area contributed by atoms with Crippen LogP contribution in [-0.4, -0.2) is 15.0 Å². The van der Waals surface area contributed by atoms with Crippen LogP contribution < -0.4 is 0 Å². The summed E-state index contributed by atoms with van der Waals surface area (Å²) in [6.07, 6.45) is 4.40. The molecular formula is C48H33N3O. The highest BCUT2D eigenvalue weighted by molar-refractivity contribution is 5.90. The van der Waals surface area contributed by atoms with E-state index >= 15 is 0 Å². The average molecular weight is 668 g/mol. The average Bonchev–Trinajstić information content (AvgIpc) is 3.61. The molecule has 2 unspecified atom stereocenters. The number of hydrogen-bond acceptors (Lipinski definition) is 4. The van der Waals surface area contributed by atoms with E-state index in [-0.39, 0.29) is 5.92 Å². The summed E-state index contributed by atoms with van der Waals surface area (Å²) in [5.74, 6) is 2.71. The molecule has 0 spiro atoms. The van der Waals surface area contributed by atoms with Crippen molar-refractivity contribution in [3.05, 3.63) is 193 Å². The molecule has 1 aliphatic carbocycles. The number of furan rings is 1. The predicted molar refractivity (Wildman–Crippen MR) is 212 cm³/mol. The Morgan fingerprint density at radius 2 is 1.08 bits per heavy atom. The first-order chi connectivity index (χ1) is 25.6. The largest absolute Gasteiger partial charge is 0.456 e. The van der Waals surface area contributed by atoms with Crippen molar-refractivity contribution in [1.82, 2.24) is 15.0 Å². The number of hydrogen-bond donors (Lipinski definition) is 0. The summed E-state index contributed by atoms with van der Waals surface area (Å²) in [5.41, 5.74) is 6.60. The lowest BCUT2D eigenvalue weighted by Crippen LogP contribution is -2.35. The normalized spacial score (nSPS) is 16.8. The minimum atomic E-state index is -0.716. The second kappa shape index (κ2) is 12.0. The van der Waals surface area contributed by atoms with E-state index in [2.05, 4.69) is 165 Å². The zero-order valence-electron chi connectivity index (χ0n) is 28.6. The Balaban J connectivity index is 1.22. The molecule has 0 N–H and O–H groups in total. The van der Waals surface area contributed by atoms with Crippen molar-refractivity contribution in [2.45, 2.75) is 18.3 Å². The van der Waals surface area contributed by atoms with Crippen LogP contribution in [0.25, 0.3) is 72.5 Å². The topological polar surface area (TPSA) is 51.8 Å². The molecule has 0 amide bonds. The van der Waals surface area contributed by atoms with E-state index < -0.39 is 5.41 Å². The summed E-state index contributed by atoms with van der Waals surface area (Å²) in [4.78, 5) is 16.0. The van der Waals surface area contributed by atoms with Crippen LogP contribution in [-0.2, 0) is 5.41 Å². The summed E-state index contributed by atoms with van der Waals surface area (Å²) in [6, 6.07) is 57.4. The maximum Gasteiger partial charge on any atom is 0.163 e. The fraction of sp³-hybridized carbons (Fsp3) is 0.0625. The molecule has 7 aromatic carbocycles. The van der Waals surface area contributed by atoms with Gasteiger partial charge in [-0.2, -0.15) is 0 Å². The molecule has 246 valence electrons. The van der Waals surface area contributed by atoms with Crippen molar-refractivity contribution in [2.24, 2.45) is 0 Å². The quantitative estimate of drug-likeness (QED) is 0.183. The Bertz CT molecular complexity index is 2820. The van der Waals surface area contributed by atoms with Crippen LogP contribution in [0.5, 0.6) is 0 Å². The molecule has 2 atom stereocenters. The van der Waals surface area contributed by atoms with Gasteiger partial charge in [0.1, 0.15) is 17.2 Å². The first-order valence-electron chi connectivity index (χ1n) is 17.7. The van der Waals surface area contributed by atoms with E-state index in [1.54, 1.807) is 0 Å². The zero-order valence-corrected chi connectivity index (χ0v) is 28.6. The molecule has 0 saturated carbocycles. The number of rotatable bonds is 5. The SMILES string of the molecule is CC1(c2nc(-c3ccc(-c4ccccc4)cc3)nc(-c3ccc4ccccc4c3)n2)c2c(oc3ccccc23)C=CC1c1ccc2ccccc2c1. The molecule has 4 nitrogen and oxygen atoms in total. The van der Waals surface area contributed by atoms with Gasteiger partial charge in [-0.05, 0) is 63.4 Å². The van der Waals surface area contributed by atoms with Crippen LogP contribution in [0, 0.1) is 0 Å². The van der Waals surface area contributed by atoms with Gasteiger partial charge < -0.3 is 4.42 Å². The van der Waals surface area contributed by atoms with Crippen LogP contribution >= 0.6 is 0 Å². The highest BCUT2D eigenvalue weighted by Gasteiger charge is 2.46. The van der Waals surface area contributed by atoms with Crippen LogP contribution in [0.3, 0.4) is 0 Å². The standard InChI is InChI=1S/C48H33N3O/c1-48(41(38-25-21-32-13-5-7-15-36(32)29-38)27-28-43-44(48)40-17-9-10-18-42(40)52-43)47-50-45(35-23-19-34(20-24-35)31-11-3-2-4-12-31)49-46(51-47)39-26-22-33-14-6-8-16-37(33)30-39/h2-30,41H,1H3. The fourth-order valence-corrected chi connectivity index (χ4v) is 7.98. The minimum absolute atomic E-state index is 0.0919. The monoisotopic (exact) mass is 667 g/mol. The van der Waals surface area contributed by atoms with E-state index in [0.29, 0.717) is 17.5 Å². The Kier molecular flexibility index (Phi) is 6.97. The Morgan fingerprint density at radius 1 is 0.500 bits per heavy atom. The van der Waals surface area contributed by atoms with Crippen LogP contribution in [0.4, 0.5) is 0 Å². The van der Waals surface area contributed by atoms with Crippen molar-refractivity contribution < 1.29 is 4.42 Å². The molecule has 2 aromatic heterocycles. The van der Waals surface area contributed by atoms with Crippen molar-refractivity contribution in [2.75, 3.05) is 0 Å². The maximum atomic E-state index is 6.54. The maximum absolute atomic E-state index is 6.54. The van der Waals surface area contributed by atoms with Gasteiger partial charge in [-0.25, -0.2) is 15.0 Å². The van der Waals surface area contributed by atoms with Crippen LogP contribution in [0.1, 0.15) is 35.6 Å². The smallest absolute Gasteiger partial charge is 0.163 e. The zero-order chi connectivity index (χ0) is 34.6. The van der Waals surface area contributed by atoms with E-state index in [4.69, 9.17) is 19.4 Å².